The van der Waals surface area contributed by atoms with Crippen molar-refractivity contribution in [2.24, 2.45) is 11.3 Å². The summed E-state index contributed by atoms with van der Waals surface area (Å²) in [5.41, 5.74) is -0.623. The first-order valence-corrected chi connectivity index (χ1v) is 11.6. The highest BCUT2D eigenvalue weighted by Crippen LogP contribution is 2.44. The van der Waals surface area contributed by atoms with E-state index in [1.807, 2.05) is 0 Å². The Hall–Kier alpha value is -1.20. The summed E-state index contributed by atoms with van der Waals surface area (Å²) in [4.78, 5) is 4.84. The topological polar surface area (TPSA) is 19.4 Å². The predicted octanol–water partition coefficient (Wildman–Crippen LogP) is 5.75. The van der Waals surface area contributed by atoms with Gasteiger partial charge in [-0.15, -0.1) is 0 Å². The largest absolute Gasteiger partial charge is 0.353 e. The van der Waals surface area contributed by atoms with Gasteiger partial charge in [-0.05, 0) is 67.1 Å². The van der Waals surface area contributed by atoms with Gasteiger partial charge >= 0.3 is 0 Å². The van der Waals surface area contributed by atoms with Crippen LogP contribution >= 0.6 is 11.5 Å². The van der Waals surface area contributed by atoms with Crippen LogP contribution in [0.1, 0.15) is 52.9 Å². The summed E-state index contributed by atoms with van der Waals surface area (Å²) < 4.78 is 21.3. The molecule has 1 aromatic carbocycles. The van der Waals surface area contributed by atoms with Crippen LogP contribution in [0.3, 0.4) is 0 Å². The average Bonchev–Trinajstić information content (AvgIpc) is 3.11. The van der Waals surface area contributed by atoms with Gasteiger partial charge in [0.15, 0.2) is 0 Å². The predicted molar refractivity (Wildman–Crippen MR) is 118 cm³/mol. The molecular weight excluding hydrogens is 369 g/mol. The maximum absolute atomic E-state index is 15.3. The molecule has 1 aliphatic heterocycles. The fourth-order valence-corrected chi connectivity index (χ4v) is 5.69. The van der Waals surface area contributed by atoms with Gasteiger partial charge in [0, 0.05) is 38.1 Å². The third kappa shape index (κ3) is 4.35. The Morgan fingerprint density at radius 1 is 1.11 bits per heavy atom. The van der Waals surface area contributed by atoms with Crippen molar-refractivity contribution < 1.29 is 4.39 Å². The van der Waals surface area contributed by atoms with Crippen molar-refractivity contribution in [3.8, 4) is 0 Å². The summed E-state index contributed by atoms with van der Waals surface area (Å²) in [5.74, 6) is 1.80. The standard InChI is InChI=1S/C23H34FN3S/c1-22(2,3)18-8-10-23(24,11-9-18)12-13-26-14-16-27(17-15-26)21-19-6-4-5-7-20(19)28-25-21/h4-7,18H,8-17H2,1-3H3. The Balaban J connectivity index is 1.26. The summed E-state index contributed by atoms with van der Waals surface area (Å²) in [6.07, 6.45) is 4.29. The first-order chi connectivity index (χ1) is 13.3. The van der Waals surface area contributed by atoms with Crippen LogP contribution in [0.2, 0.25) is 0 Å². The summed E-state index contributed by atoms with van der Waals surface area (Å²) in [6, 6.07) is 8.47. The number of nitrogens with zero attached hydrogens (tertiary/aromatic N) is 3. The number of rotatable bonds is 4. The molecule has 0 atom stereocenters. The molecule has 0 amide bonds. The molecule has 5 heteroatoms. The van der Waals surface area contributed by atoms with Gasteiger partial charge in [0.05, 0.1) is 4.70 Å². The zero-order chi connectivity index (χ0) is 19.8. The van der Waals surface area contributed by atoms with Gasteiger partial charge in [-0.3, -0.25) is 4.90 Å². The lowest BCUT2D eigenvalue weighted by molar-refractivity contribution is 0.0338. The van der Waals surface area contributed by atoms with Crippen LogP contribution in [0.5, 0.6) is 0 Å². The minimum Gasteiger partial charge on any atom is -0.353 e. The maximum Gasteiger partial charge on any atom is 0.150 e. The molecule has 1 aliphatic carbocycles. The van der Waals surface area contributed by atoms with Gasteiger partial charge in [0.25, 0.3) is 0 Å². The average molecular weight is 404 g/mol. The second kappa shape index (κ2) is 7.91. The normalized spacial score (nSPS) is 27.4. The smallest absolute Gasteiger partial charge is 0.150 e. The fourth-order valence-electron chi connectivity index (χ4n) is 4.89. The van der Waals surface area contributed by atoms with E-state index in [0.717, 1.165) is 64.2 Å². The van der Waals surface area contributed by atoms with Gasteiger partial charge in [-0.1, -0.05) is 32.9 Å². The summed E-state index contributed by atoms with van der Waals surface area (Å²) >= 11 is 1.58. The number of hydrogen-bond acceptors (Lipinski definition) is 4. The highest BCUT2D eigenvalue weighted by Gasteiger charge is 2.39. The molecule has 28 heavy (non-hydrogen) atoms. The lowest BCUT2D eigenvalue weighted by Gasteiger charge is -2.41. The molecule has 2 aromatic rings. The van der Waals surface area contributed by atoms with Crippen molar-refractivity contribution in [1.82, 2.24) is 9.27 Å². The second-order valence-corrected chi connectivity index (χ2v) is 10.7. The van der Waals surface area contributed by atoms with Crippen molar-refractivity contribution >= 4 is 27.4 Å². The van der Waals surface area contributed by atoms with E-state index in [-0.39, 0.29) is 0 Å². The fraction of sp³-hybridized carbons (Fsp3) is 0.696. The van der Waals surface area contributed by atoms with E-state index < -0.39 is 5.67 Å². The van der Waals surface area contributed by atoms with Crippen molar-refractivity contribution in [3.05, 3.63) is 24.3 Å². The van der Waals surface area contributed by atoms with Crippen LogP contribution in [0.4, 0.5) is 10.2 Å². The Bertz CT molecular complexity index is 780. The van der Waals surface area contributed by atoms with Crippen LogP contribution < -0.4 is 4.90 Å². The zero-order valence-electron chi connectivity index (χ0n) is 17.6. The Morgan fingerprint density at radius 3 is 2.46 bits per heavy atom. The number of hydrogen-bond donors (Lipinski definition) is 0. The van der Waals surface area contributed by atoms with E-state index in [1.54, 1.807) is 11.5 Å². The Kier molecular flexibility index (Phi) is 5.67. The van der Waals surface area contributed by atoms with Crippen LogP contribution in [-0.2, 0) is 0 Å². The van der Waals surface area contributed by atoms with Gasteiger partial charge in [0.2, 0.25) is 0 Å². The zero-order valence-corrected chi connectivity index (χ0v) is 18.4. The number of aromatic nitrogens is 1. The quantitative estimate of drug-likeness (QED) is 0.648. The Labute approximate surface area is 173 Å². The van der Waals surface area contributed by atoms with Crippen molar-refractivity contribution in [2.45, 2.75) is 58.5 Å². The molecule has 1 aromatic heterocycles. The lowest BCUT2D eigenvalue weighted by atomic mass is 9.68. The molecule has 3 nitrogen and oxygen atoms in total. The molecule has 0 bridgehead atoms. The van der Waals surface area contributed by atoms with Gasteiger partial charge in [-0.25, -0.2) is 4.39 Å². The maximum atomic E-state index is 15.3. The molecule has 1 saturated carbocycles. The van der Waals surface area contributed by atoms with Crippen LogP contribution in [-0.4, -0.2) is 47.7 Å². The SMILES string of the molecule is CC(C)(C)C1CCC(F)(CCN2CCN(c3nsc4ccccc34)CC2)CC1. The molecule has 0 radical (unpaired) electrons. The number of piperazine rings is 1. The number of halogens is 1. The van der Waals surface area contributed by atoms with Gasteiger partial charge in [-0.2, -0.15) is 4.37 Å². The van der Waals surface area contributed by atoms with Crippen molar-refractivity contribution in [3.63, 3.8) is 0 Å². The molecular formula is C23H34FN3S. The van der Waals surface area contributed by atoms with E-state index in [0.29, 0.717) is 17.8 Å². The number of anilines is 1. The molecule has 0 N–H and O–H groups in total. The molecule has 4 rings (SSSR count). The van der Waals surface area contributed by atoms with Gasteiger partial charge < -0.3 is 4.90 Å². The lowest BCUT2D eigenvalue weighted by Crippen LogP contribution is -2.48. The van der Waals surface area contributed by atoms with Crippen LogP contribution in [0.25, 0.3) is 10.1 Å². The minimum atomic E-state index is -0.940. The molecule has 0 spiro atoms. The van der Waals surface area contributed by atoms with Crippen molar-refractivity contribution in [1.29, 1.82) is 0 Å². The monoisotopic (exact) mass is 403 g/mol. The highest BCUT2D eigenvalue weighted by molar-refractivity contribution is 7.13. The van der Waals surface area contributed by atoms with Crippen LogP contribution in [0.15, 0.2) is 24.3 Å². The second-order valence-electron chi connectivity index (χ2n) is 9.87. The number of benzene rings is 1. The van der Waals surface area contributed by atoms with Crippen LogP contribution in [0, 0.1) is 11.3 Å². The highest BCUT2D eigenvalue weighted by atomic mass is 32.1. The molecule has 0 unspecified atom stereocenters. The first-order valence-electron chi connectivity index (χ1n) is 10.8. The summed E-state index contributed by atoms with van der Waals surface area (Å²) in [7, 11) is 0. The number of alkyl halides is 1. The molecule has 2 aliphatic rings. The molecule has 2 fully saturated rings. The molecule has 154 valence electrons. The number of fused-ring (bicyclic) bond motifs is 1. The Morgan fingerprint density at radius 2 is 1.79 bits per heavy atom. The summed E-state index contributed by atoms with van der Waals surface area (Å²) in [5, 5.41) is 1.26. The molecule has 2 heterocycles. The minimum absolute atomic E-state index is 0.317. The third-order valence-electron chi connectivity index (χ3n) is 7.01. The van der Waals surface area contributed by atoms with E-state index >= 15 is 4.39 Å². The van der Waals surface area contributed by atoms with E-state index in [9.17, 15) is 0 Å². The van der Waals surface area contributed by atoms with E-state index in [1.165, 1.54) is 10.1 Å². The first kappa shape index (κ1) is 20.1. The van der Waals surface area contributed by atoms with E-state index in [4.69, 9.17) is 4.37 Å². The van der Waals surface area contributed by atoms with Crippen molar-refractivity contribution in [2.75, 3.05) is 37.6 Å². The van der Waals surface area contributed by atoms with Gasteiger partial charge in [0.1, 0.15) is 11.5 Å². The van der Waals surface area contributed by atoms with E-state index in [2.05, 4.69) is 54.8 Å². The molecule has 1 saturated heterocycles. The third-order valence-corrected chi connectivity index (χ3v) is 7.83. The summed E-state index contributed by atoms with van der Waals surface area (Å²) in [6.45, 7) is 11.8.